The lowest BCUT2D eigenvalue weighted by molar-refractivity contribution is 0.0499. The van der Waals surface area contributed by atoms with Crippen molar-refractivity contribution in [1.82, 2.24) is 4.90 Å². The first-order valence-electron chi connectivity index (χ1n) is 6.18. The zero-order chi connectivity index (χ0) is 13.5. The maximum atomic E-state index is 11.8. The van der Waals surface area contributed by atoms with E-state index in [1.165, 1.54) is 6.07 Å². The Bertz CT molecular complexity index is 402. The molecule has 0 heterocycles. The standard InChI is InChI=1S/C14H21NO3/c1-4-5-8-18-14(17)11-6-7-13(16)12(9-11)10-15(2)3/h6-7,9,16H,4-5,8,10H2,1-3H3. The fraction of sp³-hybridized carbons (Fsp3) is 0.500. The summed E-state index contributed by atoms with van der Waals surface area (Å²) in [5.74, 6) is -0.128. The van der Waals surface area contributed by atoms with Crippen molar-refractivity contribution >= 4 is 5.97 Å². The van der Waals surface area contributed by atoms with Crippen molar-refractivity contribution in [2.45, 2.75) is 26.3 Å². The first kappa shape index (κ1) is 14.5. The van der Waals surface area contributed by atoms with Crippen LogP contribution in [0.3, 0.4) is 0 Å². The Balaban J connectivity index is 2.74. The zero-order valence-electron chi connectivity index (χ0n) is 11.3. The number of phenolic OH excluding ortho intramolecular Hbond substituents is 1. The Morgan fingerprint density at radius 2 is 2.11 bits per heavy atom. The second-order valence-corrected chi connectivity index (χ2v) is 4.57. The third-order valence-corrected chi connectivity index (χ3v) is 2.53. The highest BCUT2D eigenvalue weighted by Crippen LogP contribution is 2.20. The zero-order valence-corrected chi connectivity index (χ0v) is 11.3. The smallest absolute Gasteiger partial charge is 0.338 e. The molecule has 4 nitrogen and oxygen atoms in total. The van der Waals surface area contributed by atoms with Crippen LogP contribution in [-0.4, -0.2) is 36.7 Å². The van der Waals surface area contributed by atoms with Crippen LogP contribution in [0.1, 0.15) is 35.7 Å². The van der Waals surface area contributed by atoms with Gasteiger partial charge in [0.1, 0.15) is 5.75 Å². The molecule has 0 saturated carbocycles. The van der Waals surface area contributed by atoms with E-state index in [9.17, 15) is 9.90 Å². The highest BCUT2D eigenvalue weighted by molar-refractivity contribution is 5.89. The van der Waals surface area contributed by atoms with Gasteiger partial charge in [-0.05, 0) is 38.7 Å². The minimum Gasteiger partial charge on any atom is -0.508 e. The van der Waals surface area contributed by atoms with Gasteiger partial charge in [0.15, 0.2) is 0 Å². The molecular weight excluding hydrogens is 230 g/mol. The van der Waals surface area contributed by atoms with Gasteiger partial charge in [0.05, 0.1) is 12.2 Å². The van der Waals surface area contributed by atoms with Gasteiger partial charge in [0.25, 0.3) is 0 Å². The molecule has 0 amide bonds. The summed E-state index contributed by atoms with van der Waals surface area (Å²) in [7, 11) is 3.82. The summed E-state index contributed by atoms with van der Waals surface area (Å²) in [6.07, 6.45) is 1.86. The summed E-state index contributed by atoms with van der Waals surface area (Å²) in [4.78, 5) is 13.7. The van der Waals surface area contributed by atoms with E-state index in [1.54, 1.807) is 12.1 Å². The van der Waals surface area contributed by atoms with Crippen LogP contribution in [-0.2, 0) is 11.3 Å². The van der Waals surface area contributed by atoms with Gasteiger partial charge in [-0.2, -0.15) is 0 Å². The Morgan fingerprint density at radius 1 is 1.39 bits per heavy atom. The van der Waals surface area contributed by atoms with Crippen molar-refractivity contribution in [2.24, 2.45) is 0 Å². The molecule has 0 spiro atoms. The van der Waals surface area contributed by atoms with E-state index in [0.717, 1.165) is 18.4 Å². The molecule has 0 radical (unpaired) electrons. The van der Waals surface area contributed by atoms with Crippen LogP contribution in [0, 0.1) is 0 Å². The number of hydrogen-bond donors (Lipinski definition) is 1. The van der Waals surface area contributed by atoms with Crippen molar-refractivity contribution in [1.29, 1.82) is 0 Å². The number of nitrogens with zero attached hydrogens (tertiary/aromatic N) is 1. The molecule has 1 N–H and O–H groups in total. The molecule has 0 aliphatic heterocycles. The lowest BCUT2D eigenvalue weighted by Gasteiger charge is -2.12. The summed E-state index contributed by atoms with van der Waals surface area (Å²) in [6.45, 7) is 3.07. The monoisotopic (exact) mass is 251 g/mol. The van der Waals surface area contributed by atoms with Crippen LogP contribution in [0.5, 0.6) is 5.75 Å². The quantitative estimate of drug-likeness (QED) is 0.623. The second-order valence-electron chi connectivity index (χ2n) is 4.57. The molecule has 18 heavy (non-hydrogen) atoms. The van der Waals surface area contributed by atoms with Gasteiger partial charge in [-0.3, -0.25) is 0 Å². The number of unbranched alkanes of at least 4 members (excludes halogenated alkanes) is 1. The van der Waals surface area contributed by atoms with E-state index in [0.29, 0.717) is 18.7 Å². The van der Waals surface area contributed by atoms with Crippen LogP contribution in [0.2, 0.25) is 0 Å². The summed E-state index contributed by atoms with van der Waals surface area (Å²) in [5, 5.41) is 9.70. The number of carbonyl (C=O) groups is 1. The minimum atomic E-state index is -0.330. The van der Waals surface area contributed by atoms with E-state index in [4.69, 9.17) is 4.74 Å². The average molecular weight is 251 g/mol. The molecule has 0 saturated heterocycles. The van der Waals surface area contributed by atoms with E-state index in [-0.39, 0.29) is 11.7 Å². The molecule has 4 heteroatoms. The fourth-order valence-corrected chi connectivity index (χ4v) is 1.57. The van der Waals surface area contributed by atoms with E-state index in [1.807, 2.05) is 25.9 Å². The maximum Gasteiger partial charge on any atom is 0.338 e. The normalized spacial score (nSPS) is 10.7. The van der Waals surface area contributed by atoms with Crippen molar-refractivity contribution in [2.75, 3.05) is 20.7 Å². The number of rotatable bonds is 6. The summed E-state index contributed by atoms with van der Waals surface area (Å²) in [6, 6.07) is 4.81. The van der Waals surface area contributed by atoms with Crippen molar-refractivity contribution in [3.05, 3.63) is 29.3 Å². The topological polar surface area (TPSA) is 49.8 Å². The SMILES string of the molecule is CCCCOC(=O)c1ccc(O)c(CN(C)C)c1. The van der Waals surface area contributed by atoms with Gasteiger partial charge in [-0.15, -0.1) is 0 Å². The number of ether oxygens (including phenoxy) is 1. The van der Waals surface area contributed by atoms with Crippen molar-refractivity contribution in [3.63, 3.8) is 0 Å². The molecule has 0 bridgehead atoms. The summed E-state index contributed by atoms with van der Waals surface area (Å²) in [5.41, 5.74) is 1.21. The van der Waals surface area contributed by atoms with Gasteiger partial charge in [-0.25, -0.2) is 4.79 Å². The maximum absolute atomic E-state index is 11.8. The second kappa shape index (κ2) is 7.01. The molecule has 0 aliphatic rings. The van der Waals surface area contributed by atoms with E-state index < -0.39 is 0 Å². The van der Waals surface area contributed by atoms with Gasteiger partial charge >= 0.3 is 5.97 Å². The van der Waals surface area contributed by atoms with Crippen LogP contribution in [0.15, 0.2) is 18.2 Å². The molecule has 100 valence electrons. The molecule has 0 atom stereocenters. The first-order valence-corrected chi connectivity index (χ1v) is 6.18. The predicted molar refractivity (Wildman–Crippen MR) is 70.7 cm³/mol. The average Bonchev–Trinajstić information content (AvgIpc) is 2.31. The van der Waals surface area contributed by atoms with Crippen molar-refractivity contribution in [3.8, 4) is 5.75 Å². The highest BCUT2D eigenvalue weighted by Gasteiger charge is 2.10. The summed E-state index contributed by atoms with van der Waals surface area (Å²) >= 11 is 0. The van der Waals surface area contributed by atoms with Gasteiger partial charge < -0.3 is 14.7 Å². The number of hydrogen-bond acceptors (Lipinski definition) is 4. The lowest BCUT2D eigenvalue weighted by atomic mass is 10.1. The largest absolute Gasteiger partial charge is 0.508 e. The molecule has 0 aromatic heterocycles. The van der Waals surface area contributed by atoms with Crippen LogP contribution < -0.4 is 0 Å². The number of esters is 1. The van der Waals surface area contributed by atoms with Crippen LogP contribution in [0.4, 0.5) is 0 Å². The highest BCUT2D eigenvalue weighted by atomic mass is 16.5. The van der Waals surface area contributed by atoms with Crippen molar-refractivity contribution < 1.29 is 14.6 Å². The summed E-state index contributed by atoms with van der Waals surface area (Å²) < 4.78 is 5.13. The number of aromatic hydroxyl groups is 1. The lowest BCUT2D eigenvalue weighted by Crippen LogP contribution is -2.12. The predicted octanol–water partition coefficient (Wildman–Crippen LogP) is 2.41. The molecule has 1 rings (SSSR count). The molecule has 1 aromatic carbocycles. The van der Waals surface area contributed by atoms with Crippen LogP contribution in [0.25, 0.3) is 0 Å². The molecule has 1 aromatic rings. The Labute approximate surface area is 108 Å². The third-order valence-electron chi connectivity index (χ3n) is 2.53. The minimum absolute atomic E-state index is 0.203. The van der Waals surface area contributed by atoms with E-state index >= 15 is 0 Å². The van der Waals surface area contributed by atoms with Gasteiger partial charge in [0, 0.05) is 12.1 Å². The number of benzene rings is 1. The Kier molecular flexibility index (Phi) is 5.65. The number of phenols is 1. The Hall–Kier alpha value is -1.55. The first-order chi connectivity index (χ1) is 8.54. The molecule has 0 unspecified atom stereocenters. The van der Waals surface area contributed by atoms with Gasteiger partial charge in [-0.1, -0.05) is 13.3 Å². The fourth-order valence-electron chi connectivity index (χ4n) is 1.57. The molecule has 0 aliphatic carbocycles. The van der Waals surface area contributed by atoms with E-state index in [2.05, 4.69) is 0 Å². The Morgan fingerprint density at radius 3 is 2.72 bits per heavy atom. The number of carbonyl (C=O) groups excluding carboxylic acids is 1. The molecule has 0 fully saturated rings. The third kappa shape index (κ3) is 4.37. The van der Waals surface area contributed by atoms with Crippen LogP contribution >= 0.6 is 0 Å². The molecular formula is C14H21NO3. The van der Waals surface area contributed by atoms with Gasteiger partial charge in [0.2, 0.25) is 0 Å².